The van der Waals surface area contributed by atoms with Gasteiger partial charge in [0, 0.05) is 24.3 Å². The van der Waals surface area contributed by atoms with Crippen LogP contribution in [-0.2, 0) is 23.4 Å². The molecule has 3 aromatic carbocycles. The lowest BCUT2D eigenvalue weighted by molar-refractivity contribution is -0.133. The van der Waals surface area contributed by atoms with Crippen LogP contribution in [0.15, 0.2) is 72.8 Å². The fraction of sp³-hybridized carbons (Fsp3) is 0.200. The minimum absolute atomic E-state index is 0.242. The van der Waals surface area contributed by atoms with Gasteiger partial charge >= 0.3 is 0 Å². The predicted octanol–water partition coefficient (Wildman–Crippen LogP) is 2.65. The number of aliphatic hydroxyl groups is 1. The number of anilines is 1. The molecule has 2 amide bonds. The van der Waals surface area contributed by atoms with Gasteiger partial charge in [0.15, 0.2) is 5.60 Å². The first-order valence-electron chi connectivity index (χ1n) is 10.2. The molecular formula is C25H25N3O3. The van der Waals surface area contributed by atoms with Crippen molar-refractivity contribution in [2.24, 2.45) is 5.73 Å². The maximum atomic E-state index is 12.9. The fourth-order valence-electron chi connectivity index (χ4n) is 4.00. The van der Waals surface area contributed by atoms with Gasteiger partial charge < -0.3 is 21.1 Å². The third-order valence-corrected chi connectivity index (χ3v) is 5.76. The first-order valence-corrected chi connectivity index (χ1v) is 10.2. The summed E-state index contributed by atoms with van der Waals surface area (Å²) in [5, 5.41) is 14.1. The monoisotopic (exact) mass is 415 g/mol. The predicted molar refractivity (Wildman–Crippen MR) is 120 cm³/mol. The van der Waals surface area contributed by atoms with Gasteiger partial charge in [-0.15, -0.1) is 0 Å². The Labute approximate surface area is 181 Å². The first kappa shape index (κ1) is 20.8. The molecule has 4 N–H and O–H groups in total. The third kappa shape index (κ3) is 4.08. The number of carbonyl (C=O) groups is 2. The second-order valence-corrected chi connectivity index (χ2v) is 7.95. The summed E-state index contributed by atoms with van der Waals surface area (Å²) in [6.45, 7) is 1.87. The van der Waals surface area contributed by atoms with Gasteiger partial charge in [-0.2, -0.15) is 0 Å². The SMILES string of the molecule is CN1CCc2ccc(NC(=O)c3cccc(C(O)(C(N)=O)c4ccccc4)c3)cc2C1. The number of likely N-dealkylation sites (N-methyl/N-ethyl adjacent to an activating group) is 1. The Kier molecular flexibility index (Phi) is 5.59. The zero-order valence-corrected chi connectivity index (χ0v) is 17.3. The standard InChI is InChI=1S/C25H25N3O3/c1-28-13-12-17-10-11-22(15-19(17)16-28)27-23(29)18-6-5-9-21(14-18)25(31,24(26)30)20-7-3-2-4-8-20/h2-11,14-15,31H,12-13,16H2,1H3,(H2,26,30)(H,27,29). The average molecular weight is 415 g/mol. The topological polar surface area (TPSA) is 95.7 Å². The molecule has 0 fully saturated rings. The van der Waals surface area contributed by atoms with E-state index in [0.717, 1.165) is 19.5 Å². The number of hydrogen-bond donors (Lipinski definition) is 3. The maximum Gasteiger partial charge on any atom is 0.258 e. The van der Waals surface area contributed by atoms with Gasteiger partial charge in [-0.05, 0) is 60.0 Å². The highest BCUT2D eigenvalue weighted by Gasteiger charge is 2.38. The number of rotatable bonds is 5. The first-order chi connectivity index (χ1) is 14.9. The van der Waals surface area contributed by atoms with Crippen LogP contribution in [0.4, 0.5) is 5.69 Å². The van der Waals surface area contributed by atoms with Crippen LogP contribution in [0, 0.1) is 0 Å². The second-order valence-electron chi connectivity index (χ2n) is 7.95. The van der Waals surface area contributed by atoms with Crippen LogP contribution in [0.3, 0.4) is 0 Å². The number of carbonyl (C=O) groups excluding carboxylic acids is 2. The Morgan fingerprint density at radius 2 is 1.71 bits per heavy atom. The van der Waals surface area contributed by atoms with Crippen molar-refractivity contribution in [3.63, 3.8) is 0 Å². The third-order valence-electron chi connectivity index (χ3n) is 5.76. The normalized spacial score (nSPS) is 15.5. The summed E-state index contributed by atoms with van der Waals surface area (Å²) in [4.78, 5) is 27.4. The van der Waals surface area contributed by atoms with Crippen LogP contribution < -0.4 is 11.1 Å². The summed E-state index contributed by atoms with van der Waals surface area (Å²) in [5.41, 5.74) is 7.65. The number of benzene rings is 3. The summed E-state index contributed by atoms with van der Waals surface area (Å²) < 4.78 is 0. The lowest BCUT2D eigenvalue weighted by atomic mass is 9.85. The van der Waals surface area contributed by atoms with Gasteiger partial charge in [-0.1, -0.05) is 48.5 Å². The van der Waals surface area contributed by atoms with Crippen LogP contribution in [0.25, 0.3) is 0 Å². The molecule has 1 unspecified atom stereocenters. The zero-order chi connectivity index (χ0) is 22.0. The van der Waals surface area contributed by atoms with Crippen molar-refractivity contribution in [3.8, 4) is 0 Å². The molecule has 3 aromatic rings. The summed E-state index contributed by atoms with van der Waals surface area (Å²) >= 11 is 0. The van der Waals surface area contributed by atoms with E-state index in [1.54, 1.807) is 48.5 Å². The van der Waals surface area contributed by atoms with Crippen LogP contribution in [0.2, 0.25) is 0 Å². The summed E-state index contributed by atoms with van der Waals surface area (Å²) in [7, 11) is 2.08. The van der Waals surface area contributed by atoms with Crippen molar-refractivity contribution in [1.29, 1.82) is 0 Å². The highest BCUT2D eigenvalue weighted by Crippen LogP contribution is 2.30. The molecule has 1 aliphatic heterocycles. The molecule has 1 aliphatic rings. The minimum atomic E-state index is -2.03. The fourth-order valence-corrected chi connectivity index (χ4v) is 4.00. The van der Waals surface area contributed by atoms with Crippen molar-refractivity contribution in [1.82, 2.24) is 4.90 Å². The van der Waals surface area contributed by atoms with E-state index in [1.807, 2.05) is 12.1 Å². The van der Waals surface area contributed by atoms with E-state index < -0.39 is 11.5 Å². The Balaban J connectivity index is 1.62. The Bertz CT molecular complexity index is 1130. The van der Waals surface area contributed by atoms with Gasteiger partial charge in [-0.25, -0.2) is 0 Å². The minimum Gasteiger partial charge on any atom is -0.372 e. The summed E-state index contributed by atoms with van der Waals surface area (Å²) in [6.07, 6.45) is 0.993. The molecule has 0 saturated carbocycles. The molecule has 6 heteroatoms. The quantitative estimate of drug-likeness (QED) is 0.597. The van der Waals surface area contributed by atoms with E-state index in [2.05, 4.69) is 23.3 Å². The maximum absolute atomic E-state index is 12.9. The van der Waals surface area contributed by atoms with Crippen molar-refractivity contribution in [3.05, 3.63) is 101 Å². The van der Waals surface area contributed by atoms with Crippen molar-refractivity contribution >= 4 is 17.5 Å². The number of amides is 2. The van der Waals surface area contributed by atoms with Gasteiger partial charge in [-0.3, -0.25) is 9.59 Å². The van der Waals surface area contributed by atoms with Gasteiger partial charge in [0.2, 0.25) is 0 Å². The van der Waals surface area contributed by atoms with Crippen molar-refractivity contribution in [2.75, 3.05) is 18.9 Å². The van der Waals surface area contributed by atoms with Crippen LogP contribution >= 0.6 is 0 Å². The van der Waals surface area contributed by atoms with E-state index in [9.17, 15) is 14.7 Å². The number of fused-ring (bicyclic) bond motifs is 1. The lowest BCUT2D eigenvalue weighted by Gasteiger charge is -2.26. The summed E-state index contributed by atoms with van der Waals surface area (Å²) in [5.74, 6) is -1.24. The number of nitrogens with two attached hydrogens (primary N) is 1. The molecule has 0 saturated heterocycles. The lowest BCUT2D eigenvalue weighted by Crippen LogP contribution is -2.42. The van der Waals surface area contributed by atoms with E-state index in [4.69, 9.17) is 5.73 Å². The van der Waals surface area contributed by atoms with E-state index in [-0.39, 0.29) is 11.5 Å². The molecule has 0 radical (unpaired) electrons. The largest absolute Gasteiger partial charge is 0.372 e. The molecule has 0 aromatic heterocycles. The van der Waals surface area contributed by atoms with Crippen molar-refractivity contribution < 1.29 is 14.7 Å². The molecule has 0 spiro atoms. The average Bonchev–Trinajstić information content (AvgIpc) is 2.78. The Hall–Kier alpha value is -3.48. The number of hydrogen-bond acceptors (Lipinski definition) is 4. The van der Waals surface area contributed by atoms with Crippen LogP contribution in [-0.4, -0.2) is 35.4 Å². The van der Waals surface area contributed by atoms with E-state index in [0.29, 0.717) is 16.8 Å². The molecule has 6 nitrogen and oxygen atoms in total. The van der Waals surface area contributed by atoms with E-state index >= 15 is 0 Å². The number of nitrogens with one attached hydrogen (secondary N) is 1. The smallest absolute Gasteiger partial charge is 0.258 e. The molecule has 158 valence electrons. The molecule has 0 bridgehead atoms. The van der Waals surface area contributed by atoms with Gasteiger partial charge in [0.25, 0.3) is 11.8 Å². The summed E-state index contributed by atoms with van der Waals surface area (Å²) in [6, 6.07) is 20.8. The second kappa shape index (κ2) is 8.34. The van der Waals surface area contributed by atoms with Crippen molar-refractivity contribution in [2.45, 2.75) is 18.6 Å². The highest BCUT2D eigenvalue weighted by molar-refractivity contribution is 6.04. The van der Waals surface area contributed by atoms with Gasteiger partial charge in [0.1, 0.15) is 0 Å². The van der Waals surface area contributed by atoms with E-state index in [1.165, 1.54) is 17.2 Å². The number of nitrogens with zero attached hydrogens (tertiary/aromatic N) is 1. The van der Waals surface area contributed by atoms with Crippen LogP contribution in [0.5, 0.6) is 0 Å². The molecular weight excluding hydrogens is 390 g/mol. The van der Waals surface area contributed by atoms with Gasteiger partial charge in [0.05, 0.1) is 0 Å². The number of primary amides is 1. The Morgan fingerprint density at radius 1 is 0.968 bits per heavy atom. The Morgan fingerprint density at radius 3 is 2.45 bits per heavy atom. The highest BCUT2D eigenvalue weighted by atomic mass is 16.3. The zero-order valence-electron chi connectivity index (χ0n) is 17.3. The molecule has 1 atom stereocenters. The molecule has 1 heterocycles. The molecule has 0 aliphatic carbocycles. The van der Waals surface area contributed by atoms with Crippen LogP contribution in [0.1, 0.15) is 32.6 Å². The molecule has 4 rings (SSSR count). The molecule has 31 heavy (non-hydrogen) atoms.